The molecule has 4 rings (SSSR count). The minimum Gasteiger partial charge on any atom is -0.480 e. The lowest BCUT2D eigenvalue weighted by Crippen LogP contribution is -2.42. The second kappa shape index (κ2) is 7.48. The van der Waals surface area contributed by atoms with Crippen LogP contribution < -0.4 is 5.32 Å². The normalized spacial score (nSPS) is 12.0. The number of amides is 1. The molecular formula is C23H18N2O3. The first-order valence-electron chi connectivity index (χ1n) is 8.96. The third-order valence-electron chi connectivity index (χ3n) is 4.82. The largest absolute Gasteiger partial charge is 0.480 e. The standard InChI is InChI=1S/C23H18N2O3/c26-22(17-8-5-11-24-14-17)25-21(23(27)28)13-20-18-9-3-1-6-15(18)12-16-7-2-4-10-19(16)20/h1-12,14,21H,13H2,(H,25,26)(H,27,28)/t21-/m1/s1. The highest BCUT2D eigenvalue weighted by Gasteiger charge is 2.23. The number of rotatable bonds is 5. The highest BCUT2D eigenvalue weighted by atomic mass is 16.4. The molecule has 0 aliphatic heterocycles. The number of carbonyl (C=O) groups excluding carboxylic acids is 1. The molecule has 1 aromatic heterocycles. The van der Waals surface area contributed by atoms with Crippen LogP contribution in [0.5, 0.6) is 0 Å². The highest BCUT2D eigenvalue weighted by Crippen LogP contribution is 2.29. The van der Waals surface area contributed by atoms with Crippen LogP contribution in [0, 0.1) is 0 Å². The summed E-state index contributed by atoms with van der Waals surface area (Å²) in [6.07, 6.45) is 3.17. The summed E-state index contributed by atoms with van der Waals surface area (Å²) in [5.41, 5.74) is 1.24. The number of nitrogens with zero attached hydrogens (tertiary/aromatic N) is 1. The summed E-state index contributed by atoms with van der Waals surface area (Å²) in [6, 6.07) is 20.1. The predicted molar refractivity (Wildman–Crippen MR) is 108 cm³/mol. The monoisotopic (exact) mass is 370 g/mol. The van der Waals surface area contributed by atoms with E-state index in [1.54, 1.807) is 18.3 Å². The van der Waals surface area contributed by atoms with Crippen LogP contribution in [0.4, 0.5) is 0 Å². The molecule has 2 N–H and O–H groups in total. The van der Waals surface area contributed by atoms with Gasteiger partial charge in [0.05, 0.1) is 5.56 Å². The number of hydrogen-bond donors (Lipinski definition) is 2. The second-order valence-corrected chi connectivity index (χ2v) is 6.61. The molecule has 0 aliphatic carbocycles. The number of benzene rings is 3. The van der Waals surface area contributed by atoms with Crippen molar-refractivity contribution in [2.75, 3.05) is 0 Å². The zero-order valence-corrected chi connectivity index (χ0v) is 15.0. The third kappa shape index (κ3) is 3.42. The number of carbonyl (C=O) groups is 2. The Balaban J connectivity index is 1.75. The van der Waals surface area contributed by atoms with Gasteiger partial charge in [0.25, 0.3) is 5.91 Å². The summed E-state index contributed by atoms with van der Waals surface area (Å²) in [5.74, 6) is -1.53. The zero-order chi connectivity index (χ0) is 19.5. The summed E-state index contributed by atoms with van der Waals surface area (Å²) < 4.78 is 0. The average Bonchev–Trinajstić information content (AvgIpc) is 2.73. The number of aromatic nitrogens is 1. The number of aliphatic carboxylic acids is 1. The Bertz CT molecular complexity index is 1120. The predicted octanol–water partition coefficient (Wildman–Crippen LogP) is 3.81. The SMILES string of the molecule is O=C(N[C@H](Cc1c2ccccc2cc2ccccc12)C(=O)O)c1cccnc1. The van der Waals surface area contributed by atoms with Crippen LogP contribution in [0.2, 0.25) is 0 Å². The fraction of sp³-hybridized carbons (Fsp3) is 0.0870. The maximum absolute atomic E-state index is 12.5. The molecule has 138 valence electrons. The van der Waals surface area contributed by atoms with Gasteiger partial charge in [-0.3, -0.25) is 9.78 Å². The van der Waals surface area contributed by atoms with Gasteiger partial charge in [-0.1, -0.05) is 48.5 Å². The fourth-order valence-corrected chi connectivity index (χ4v) is 3.47. The molecule has 3 aromatic carbocycles. The van der Waals surface area contributed by atoms with Crippen molar-refractivity contribution < 1.29 is 14.7 Å². The zero-order valence-electron chi connectivity index (χ0n) is 15.0. The number of hydrogen-bond acceptors (Lipinski definition) is 3. The summed E-state index contributed by atoms with van der Waals surface area (Å²) >= 11 is 0. The minimum absolute atomic E-state index is 0.184. The third-order valence-corrected chi connectivity index (χ3v) is 4.82. The number of carboxylic acid groups (broad SMARTS) is 1. The lowest BCUT2D eigenvalue weighted by Gasteiger charge is -2.18. The van der Waals surface area contributed by atoms with Crippen LogP contribution in [0.1, 0.15) is 15.9 Å². The fourth-order valence-electron chi connectivity index (χ4n) is 3.47. The van der Waals surface area contributed by atoms with Crippen molar-refractivity contribution in [3.63, 3.8) is 0 Å². The lowest BCUT2D eigenvalue weighted by molar-refractivity contribution is -0.139. The van der Waals surface area contributed by atoms with E-state index in [4.69, 9.17) is 0 Å². The molecule has 5 heteroatoms. The molecule has 0 spiro atoms. The van der Waals surface area contributed by atoms with Crippen molar-refractivity contribution in [1.29, 1.82) is 0 Å². The van der Waals surface area contributed by atoms with E-state index in [-0.39, 0.29) is 6.42 Å². The van der Waals surface area contributed by atoms with Crippen molar-refractivity contribution in [1.82, 2.24) is 10.3 Å². The summed E-state index contributed by atoms with van der Waals surface area (Å²) in [4.78, 5) is 28.3. The molecule has 28 heavy (non-hydrogen) atoms. The Morgan fingerprint density at radius 2 is 1.57 bits per heavy atom. The molecule has 4 aromatic rings. The van der Waals surface area contributed by atoms with Gasteiger partial charge in [-0.2, -0.15) is 0 Å². The molecule has 1 atom stereocenters. The van der Waals surface area contributed by atoms with Gasteiger partial charge >= 0.3 is 5.97 Å². The Hall–Kier alpha value is -3.73. The molecule has 0 aliphatic rings. The van der Waals surface area contributed by atoms with Crippen LogP contribution in [0.25, 0.3) is 21.5 Å². The van der Waals surface area contributed by atoms with Crippen molar-refractivity contribution in [2.45, 2.75) is 12.5 Å². The molecule has 0 fully saturated rings. The number of pyridine rings is 1. The Labute approximate surface area is 161 Å². The average molecular weight is 370 g/mol. The van der Waals surface area contributed by atoms with Crippen molar-refractivity contribution >= 4 is 33.4 Å². The molecule has 0 radical (unpaired) electrons. The lowest BCUT2D eigenvalue weighted by atomic mass is 9.92. The number of nitrogens with one attached hydrogen (secondary N) is 1. The van der Waals surface area contributed by atoms with Gasteiger partial charge in [-0.15, -0.1) is 0 Å². The van der Waals surface area contributed by atoms with Crippen molar-refractivity contribution in [3.05, 3.63) is 90.3 Å². The molecule has 0 unspecified atom stereocenters. The van der Waals surface area contributed by atoms with E-state index in [9.17, 15) is 14.7 Å². The molecule has 0 saturated heterocycles. The van der Waals surface area contributed by atoms with E-state index in [1.165, 1.54) is 6.20 Å². The van der Waals surface area contributed by atoms with Gasteiger partial charge < -0.3 is 10.4 Å². The molecule has 1 heterocycles. The Kier molecular flexibility index (Phi) is 4.72. The van der Waals surface area contributed by atoms with E-state index < -0.39 is 17.9 Å². The smallest absolute Gasteiger partial charge is 0.326 e. The molecule has 0 bridgehead atoms. The van der Waals surface area contributed by atoms with Gasteiger partial charge in [0.2, 0.25) is 0 Å². The molecule has 0 saturated carbocycles. The van der Waals surface area contributed by atoms with Crippen LogP contribution >= 0.6 is 0 Å². The molecular weight excluding hydrogens is 352 g/mol. The Morgan fingerprint density at radius 1 is 0.929 bits per heavy atom. The van der Waals surface area contributed by atoms with E-state index in [0.717, 1.165) is 27.1 Å². The maximum atomic E-state index is 12.5. The van der Waals surface area contributed by atoms with Crippen LogP contribution in [-0.2, 0) is 11.2 Å². The first-order chi connectivity index (χ1) is 13.6. The molecule has 1 amide bonds. The van der Waals surface area contributed by atoms with E-state index in [1.807, 2.05) is 48.5 Å². The van der Waals surface area contributed by atoms with Crippen molar-refractivity contribution in [3.8, 4) is 0 Å². The second-order valence-electron chi connectivity index (χ2n) is 6.61. The first kappa shape index (κ1) is 17.7. The van der Waals surface area contributed by atoms with E-state index >= 15 is 0 Å². The van der Waals surface area contributed by atoms with Crippen LogP contribution in [0.15, 0.2) is 79.1 Å². The van der Waals surface area contributed by atoms with Gasteiger partial charge in [0.15, 0.2) is 0 Å². The molecule has 5 nitrogen and oxygen atoms in total. The van der Waals surface area contributed by atoms with E-state index in [2.05, 4.69) is 16.4 Å². The summed E-state index contributed by atoms with van der Waals surface area (Å²) in [5, 5.41) is 16.4. The minimum atomic E-state index is -1.07. The van der Waals surface area contributed by atoms with Crippen LogP contribution in [0.3, 0.4) is 0 Å². The Morgan fingerprint density at radius 3 is 2.14 bits per heavy atom. The maximum Gasteiger partial charge on any atom is 0.326 e. The quantitative estimate of drug-likeness (QED) is 0.524. The van der Waals surface area contributed by atoms with Gasteiger partial charge in [-0.25, -0.2) is 4.79 Å². The summed E-state index contributed by atoms with van der Waals surface area (Å²) in [7, 11) is 0. The van der Waals surface area contributed by atoms with Crippen molar-refractivity contribution in [2.24, 2.45) is 0 Å². The number of carboxylic acids is 1. The topological polar surface area (TPSA) is 79.3 Å². The number of fused-ring (bicyclic) bond motifs is 2. The van der Waals surface area contributed by atoms with Gasteiger partial charge in [0.1, 0.15) is 6.04 Å². The highest BCUT2D eigenvalue weighted by molar-refractivity contribution is 6.03. The van der Waals surface area contributed by atoms with Gasteiger partial charge in [0, 0.05) is 18.8 Å². The first-order valence-corrected chi connectivity index (χ1v) is 8.96. The van der Waals surface area contributed by atoms with Gasteiger partial charge in [-0.05, 0) is 45.3 Å². The van der Waals surface area contributed by atoms with Crippen LogP contribution in [-0.4, -0.2) is 28.0 Å². The summed E-state index contributed by atoms with van der Waals surface area (Å²) in [6.45, 7) is 0. The van der Waals surface area contributed by atoms with E-state index in [0.29, 0.717) is 5.56 Å².